The lowest BCUT2D eigenvalue weighted by Crippen LogP contribution is -2.36. The van der Waals surface area contributed by atoms with E-state index in [2.05, 4.69) is 10.2 Å². The van der Waals surface area contributed by atoms with Crippen molar-refractivity contribution in [1.82, 2.24) is 10.2 Å². The third-order valence-corrected chi connectivity index (χ3v) is 6.30. The minimum atomic E-state index is -3.58. The predicted molar refractivity (Wildman–Crippen MR) is 84.1 cm³/mol. The number of nitrogens with one attached hydrogen (secondary N) is 1. The number of hydrogen-bond acceptors (Lipinski definition) is 5. The van der Waals surface area contributed by atoms with Crippen LogP contribution in [0.1, 0.15) is 12.0 Å². The van der Waals surface area contributed by atoms with Gasteiger partial charge >= 0.3 is 5.97 Å². The number of hydrogen-bond donors (Lipinski definition) is 2. The summed E-state index contributed by atoms with van der Waals surface area (Å²) in [7, 11) is -3.58. The first-order chi connectivity index (χ1) is 10.9. The van der Waals surface area contributed by atoms with E-state index in [1.807, 2.05) is 0 Å². The molecule has 7 nitrogen and oxygen atoms in total. The van der Waals surface area contributed by atoms with Crippen molar-refractivity contribution >= 4 is 21.6 Å². The van der Waals surface area contributed by atoms with Gasteiger partial charge in [-0.2, -0.15) is 5.10 Å². The Morgan fingerprint density at radius 3 is 2.61 bits per heavy atom. The molecule has 2 heterocycles. The molecule has 1 aliphatic heterocycles. The van der Waals surface area contributed by atoms with Crippen LogP contribution in [0.25, 0.3) is 0 Å². The molecule has 3 rings (SSSR count). The number of benzene rings is 1. The zero-order valence-corrected chi connectivity index (χ0v) is 13.3. The van der Waals surface area contributed by atoms with E-state index >= 15 is 0 Å². The van der Waals surface area contributed by atoms with Crippen LogP contribution in [0.15, 0.2) is 41.4 Å². The summed E-state index contributed by atoms with van der Waals surface area (Å²) in [4.78, 5) is 13.4. The molecule has 2 aromatic rings. The Bertz CT molecular complexity index is 816. The summed E-state index contributed by atoms with van der Waals surface area (Å²) in [6.07, 6.45) is 1.64. The van der Waals surface area contributed by atoms with Crippen LogP contribution in [0.5, 0.6) is 0 Å². The molecule has 0 radical (unpaired) electrons. The quantitative estimate of drug-likeness (QED) is 0.871. The highest BCUT2D eigenvalue weighted by Gasteiger charge is 2.44. The second kappa shape index (κ2) is 5.69. The summed E-state index contributed by atoms with van der Waals surface area (Å²) in [5.41, 5.74) is 0.786. The molecule has 8 heteroatoms. The number of sulfone groups is 1. The topological polar surface area (TPSA) is 103 Å². The van der Waals surface area contributed by atoms with Gasteiger partial charge in [0.1, 0.15) is 11.9 Å². The van der Waals surface area contributed by atoms with Gasteiger partial charge in [0.15, 0.2) is 9.84 Å². The molecule has 1 aliphatic rings. The van der Waals surface area contributed by atoms with E-state index in [1.54, 1.807) is 36.2 Å². The Kier molecular flexibility index (Phi) is 3.85. The van der Waals surface area contributed by atoms with Gasteiger partial charge in [0, 0.05) is 12.1 Å². The Hall–Kier alpha value is -2.35. The lowest BCUT2D eigenvalue weighted by molar-refractivity contribution is -0.138. The van der Waals surface area contributed by atoms with Gasteiger partial charge in [0.05, 0.1) is 16.3 Å². The minimum Gasteiger partial charge on any atom is -0.480 e. The first-order valence-corrected chi connectivity index (χ1v) is 8.74. The van der Waals surface area contributed by atoms with Crippen LogP contribution in [0, 0.1) is 6.92 Å². The number of carboxylic acid groups (broad SMARTS) is 1. The van der Waals surface area contributed by atoms with Crippen LogP contribution in [0.4, 0.5) is 5.82 Å². The van der Waals surface area contributed by atoms with E-state index in [9.17, 15) is 18.3 Å². The molecule has 0 amide bonds. The zero-order chi connectivity index (χ0) is 16.6. The Labute approximate surface area is 133 Å². The van der Waals surface area contributed by atoms with Gasteiger partial charge in [-0.3, -0.25) is 5.10 Å². The number of aromatic amines is 1. The number of nitrogens with zero attached hydrogens (tertiary/aromatic N) is 2. The minimum absolute atomic E-state index is 0.0466. The number of H-pyrrole nitrogens is 1. The molecular formula is C15H17N3O4S. The van der Waals surface area contributed by atoms with Crippen LogP contribution in [0.3, 0.4) is 0 Å². The molecular weight excluding hydrogens is 318 g/mol. The van der Waals surface area contributed by atoms with Gasteiger partial charge in [-0.05, 0) is 25.5 Å². The van der Waals surface area contributed by atoms with Crippen LogP contribution < -0.4 is 4.90 Å². The molecule has 0 aliphatic carbocycles. The Morgan fingerprint density at radius 2 is 2.04 bits per heavy atom. The summed E-state index contributed by atoms with van der Waals surface area (Å²) in [5.74, 6) is -0.479. The second-order valence-electron chi connectivity index (χ2n) is 5.62. The molecule has 0 bridgehead atoms. The second-order valence-corrected chi connectivity index (χ2v) is 7.85. The monoisotopic (exact) mass is 335 g/mol. The third kappa shape index (κ3) is 2.70. The van der Waals surface area contributed by atoms with E-state index in [0.717, 1.165) is 5.56 Å². The molecule has 1 saturated heterocycles. The number of aryl methyl sites for hydroxylation is 1. The standard InChI is InChI=1S/C15H17N3O4S/c1-10-8-16-17-14(10)18-9-12(7-13(18)15(19)20)23(21,22)11-5-3-2-4-6-11/h2-6,8,12-13H,7,9H2,1H3,(H,16,17)(H,19,20)/t12-,13+/m1/s1. The summed E-state index contributed by atoms with van der Waals surface area (Å²) >= 11 is 0. The number of rotatable bonds is 4. The maximum absolute atomic E-state index is 12.8. The molecule has 23 heavy (non-hydrogen) atoms. The molecule has 122 valence electrons. The molecule has 0 saturated carbocycles. The van der Waals surface area contributed by atoms with Gasteiger partial charge < -0.3 is 10.0 Å². The van der Waals surface area contributed by atoms with Gasteiger partial charge in [0.2, 0.25) is 0 Å². The lowest BCUT2D eigenvalue weighted by Gasteiger charge is -2.22. The molecule has 0 unspecified atom stereocenters. The predicted octanol–water partition coefficient (Wildman–Crippen LogP) is 1.22. The molecule has 2 N–H and O–H groups in total. The highest BCUT2D eigenvalue weighted by atomic mass is 32.2. The van der Waals surface area contributed by atoms with Crippen LogP contribution in [0.2, 0.25) is 0 Å². The molecule has 1 aromatic carbocycles. The number of anilines is 1. The zero-order valence-electron chi connectivity index (χ0n) is 12.5. The van der Waals surface area contributed by atoms with Gasteiger partial charge in [-0.25, -0.2) is 13.2 Å². The molecule has 2 atom stereocenters. The van der Waals surface area contributed by atoms with Crippen molar-refractivity contribution in [2.24, 2.45) is 0 Å². The van der Waals surface area contributed by atoms with Gasteiger partial charge in [0.25, 0.3) is 0 Å². The lowest BCUT2D eigenvalue weighted by atomic mass is 10.2. The fourth-order valence-electron chi connectivity index (χ4n) is 2.94. The Morgan fingerprint density at radius 1 is 1.35 bits per heavy atom. The summed E-state index contributed by atoms with van der Waals surface area (Å²) in [5, 5.41) is 15.3. The van der Waals surface area contributed by atoms with E-state index in [0.29, 0.717) is 5.82 Å². The fourth-order valence-corrected chi connectivity index (χ4v) is 4.65. The fraction of sp³-hybridized carbons (Fsp3) is 0.333. The number of carboxylic acids is 1. The van der Waals surface area contributed by atoms with Crippen molar-refractivity contribution in [1.29, 1.82) is 0 Å². The van der Waals surface area contributed by atoms with E-state index in [-0.39, 0.29) is 17.9 Å². The van der Waals surface area contributed by atoms with Crippen molar-refractivity contribution in [3.8, 4) is 0 Å². The SMILES string of the molecule is Cc1cn[nH]c1N1C[C@H](S(=O)(=O)c2ccccc2)C[C@H]1C(=O)O. The average molecular weight is 335 g/mol. The smallest absolute Gasteiger partial charge is 0.326 e. The van der Waals surface area contributed by atoms with Gasteiger partial charge in [-0.15, -0.1) is 0 Å². The maximum atomic E-state index is 12.8. The number of aliphatic carboxylic acids is 1. The number of carbonyl (C=O) groups is 1. The van der Waals surface area contributed by atoms with Crippen molar-refractivity contribution in [2.45, 2.75) is 29.5 Å². The van der Waals surface area contributed by atoms with E-state index in [4.69, 9.17) is 0 Å². The normalized spacial score (nSPS) is 21.5. The summed E-state index contributed by atoms with van der Waals surface area (Å²) in [6, 6.07) is 7.25. The Balaban J connectivity index is 1.95. The summed E-state index contributed by atoms with van der Waals surface area (Å²) in [6.45, 7) is 1.92. The van der Waals surface area contributed by atoms with Crippen LogP contribution in [-0.4, -0.2) is 47.5 Å². The summed E-state index contributed by atoms with van der Waals surface area (Å²) < 4.78 is 25.5. The average Bonchev–Trinajstić information content (AvgIpc) is 3.14. The van der Waals surface area contributed by atoms with Crippen molar-refractivity contribution in [2.75, 3.05) is 11.4 Å². The van der Waals surface area contributed by atoms with E-state index < -0.39 is 27.1 Å². The molecule has 0 spiro atoms. The maximum Gasteiger partial charge on any atom is 0.326 e. The number of aromatic nitrogens is 2. The third-order valence-electron chi connectivity index (χ3n) is 4.15. The highest BCUT2D eigenvalue weighted by Crippen LogP contribution is 2.32. The van der Waals surface area contributed by atoms with Crippen molar-refractivity contribution in [3.63, 3.8) is 0 Å². The van der Waals surface area contributed by atoms with Crippen molar-refractivity contribution in [3.05, 3.63) is 42.1 Å². The first kappa shape index (κ1) is 15.5. The van der Waals surface area contributed by atoms with Crippen LogP contribution in [-0.2, 0) is 14.6 Å². The first-order valence-electron chi connectivity index (χ1n) is 7.19. The van der Waals surface area contributed by atoms with E-state index in [1.165, 1.54) is 12.1 Å². The largest absolute Gasteiger partial charge is 0.480 e. The van der Waals surface area contributed by atoms with Crippen LogP contribution >= 0.6 is 0 Å². The molecule has 1 fully saturated rings. The van der Waals surface area contributed by atoms with Crippen molar-refractivity contribution < 1.29 is 18.3 Å². The van der Waals surface area contributed by atoms with Gasteiger partial charge in [-0.1, -0.05) is 18.2 Å². The molecule has 1 aromatic heterocycles. The highest BCUT2D eigenvalue weighted by molar-refractivity contribution is 7.92.